The predicted octanol–water partition coefficient (Wildman–Crippen LogP) is 2.46. The van der Waals surface area contributed by atoms with Crippen molar-refractivity contribution in [3.05, 3.63) is 35.1 Å². The number of hydrogen-bond donors (Lipinski definition) is 2. The van der Waals surface area contributed by atoms with Crippen molar-refractivity contribution in [1.82, 2.24) is 10.6 Å². The normalized spacial score (nSPS) is 13.1. The van der Waals surface area contributed by atoms with Crippen LogP contribution in [0.25, 0.3) is 0 Å². The van der Waals surface area contributed by atoms with Gasteiger partial charge in [-0.15, -0.1) is 0 Å². The maximum atomic E-state index is 12.9. The third kappa shape index (κ3) is 4.48. The molecule has 1 unspecified atom stereocenters. The number of nitrogens with one attached hydrogen (secondary N) is 2. The van der Waals surface area contributed by atoms with Gasteiger partial charge in [0.25, 0.3) is 0 Å². The Morgan fingerprint density at radius 1 is 1.35 bits per heavy atom. The van der Waals surface area contributed by atoms with Crippen LogP contribution in [0.2, 0.25) is 0 Å². The molecule has 0 spiro atoms. The van der Waals surface area contributed by atoms with Gasteiger partial charge < -0.3 is 10.6 Å². The van der Waals surface area contributed by atoms with E-state index in [-0.39, 0.29) is 18.0 Å². The van der Waals surface area contributed by atoms with Gasteiger partial charge >= 0.3 is 6.18 Å². The van der Waals surface area contributed by atoms with E-state index in [0.717, 1.165) is 12.1 Å². The summed E-state index contributed by atoms with van der Waals surface area (Å²) in [5.41, 5.74) is -1.14. The molecule has 0 aliphatic heterocycles. The molecule has 7 heteroatoms. The first-order valence-corrected chi connectivity index (χ1v) is 6.12. The number of amides is 1. The lowest BCUT2D eigenvalue weighted by Gasteiger charge is -2.16. The van der Waals surface area contributed by atoms with E-state index in [9.17, 15) is 22.4 Å². The third-order valence-corrected chi connectivity index (χ3v) is 2.72. The molecule has 0 radical (unpaired) electrons. The van der Waals surface area contributed by atoms with Crippen molar-refractivity contribution in [1.29, 1.82) is 0 Å². The average molecular weight is 292 g/mol. The topological polar surface area (TPSA) is 41.1 Å². The molecule has 0 aliphatic rings. The number of carbonyl (C=O) groups is 1. The Morgan fingerprint density at radius 3 is 2.55 bits per heavy atom. The van der Waals surface area contributed by atoms with Gasteiger partial charge in [0.1, 0.15) is 5.82 Å². The summed E-state index contributed by atoms with van der Waals surface area (Å²) in [6.45, 7) is 3.55. The fourth-order valence-electron chi connectivity index (χ4n) is 1.65. The largest absolute Gasteiger partial charge is 0.416 e. The summed E-state index contributed by atoms with van der Waals surface area (Å²) >= 11 is 0. The first-order chi connectivity index (χ1) is 9.25. The highest BCUT2D eigenvalue weighted by Gasteiger charge is 2.33. The number of alkyl halides is 3. The lowest BCUT2D eigenvalue weighted by Crippen LogP contribution is -2.41. The fourth-order valence-corrected chi connectivity index (χ4v) is 1.65. The lowest BCUT2D eigenvalue weighted by atomic mass is 10.1. The second-order valence-corrected chi connectivity index (χ2v) is 4.30. The molecule has 112 valence electrons. The van der Waals surface area contributed by atoms with Gasteiger partial charge in [-0.05, 0) is 31.5 Å². The zero-order chi connectivity index (χ0) is 15.3. The highest BCUT2D eigenvalue weighted by Crippen LogP contribution is 2.32. The van der Waals surface area contributed by atoms with Gasteiger partial charge in [-0.25, -0.2) is 4.39 Å². The van der Waals surface area contributed by atoms with Gasteiger partial charge in [-0.3, -0.25) is 4.79 Å². The van der Waals surface area contributed by atoms with Gasteiger partial charge in [0, 0.05) is 13.1 Å². The molecule has 20 heavy (non-hydrogen) atoms. The molecule has 1 aromatic rings. The van der Waals surface area contributed by atoms with Crippen LogP contribution in [0.15, 0.2) is 18.2 Å². The summed E-state index contributed by atoms with van der Waals surface area (Å²) in [4.78, 5) is 11.4. The van der Waals surface area contributed by atoms with E-state index in [0.29, 0.717) is 12.6 Å². The van der Waals surface area contributed by atoms with E-state index in [1.54, 1.807) is 13.8 Å². The SMILES string of the molecule is CCNC(=O)C(C)NCc1ccc(F)cc1C(F)(F)F. The molecule has 0 aliphatic carbocycles. The summed E-state index contributed by atoms with van der Waals surface area (Å²) in [5.74, 6) is -1.25. The Morgan fingerprint density at radius 2 is 2.00 bits per heavy atom. The molecule has 1 atom stereocenters. The molecule has 2 N–H and O–H groups in total. The minimum atomic E-state index is -4.63. The van der Waals surface area contributed by atoms with Crippen LogP contribution < -0.4 is 10.6 Å². The first kappa shape index (κ1) is 16.4. The van der Waals surface area contributed by atoms with Crippen LogP contribution in [0, 0.1) is 5.82 Å². The average Bonchev–Trinajstić information content (AvgIpc) is 2.36. The van der Waals surface area contributed by atoms with Crippen LogP contribution >= 0.6 is 0 Å². The van der Waals surface area contributed by atoms with Crippen LogP contribution in [0.3, 0.4) is 0 Å². The fraction of sp³-hybridized carbons (Fsp3) is 0.462. The summed E-state index contributed by atoms with van der Waals surface area (Å²) in [6, 6.07) is 1.84. The number of carbonyl (C=O) groups excluding carboxylic acids is 1. The summed E-state index contributed by atoms with van der Waals surface area (Å²) < 4.78 is 51.2. The van der Waals surface area contributed by atoms with Gasteiger partial charge in [0.05, 0.1) is 11.6 Å². The summed E-state index contributed by atoms with van der Waals surface area (Å²) in [6.07, 6.45) is -4.63. The molecular weight excluding hydrogens is 276 g/mol. The number of benzene rings is 1. The minimum absolute atomic E-state index is 0.102. The Labute approximate surface area is 114 Å². The van der Waals surface area contributed by atoms with E-state index < -0.39 is 23.6 Å². The molecule has 0 aromatic heterocycles. The molecular formula is C13H16F4N2O. The van der Waals surface area contributed by atoms with Crippen molar-refractivity contribution in [2.45, 2.75) is 32.6 Å². The Kier molecular flexibility index (Phi) is 5.50. The van der Waals surface area contributed by atoms with E-state index in [2.05, 4.69) is 10.6 Å². The zero-order valence-electron chi connectivity index (χ0n) is 11.1. The molecule has 1 aromatic carbocycles. The second kappa shape index (κ2) is 6.69. The van der Waals surface area contributed by atoms with Crippen LogP contribution in [0.4, 0.5) is 17.6 Å². The monoisotopic (exact) mass is 292 g/mol. The quantitative estimate of drug-likeness (QED) is 0.819. The molecule has 3 nitrogen and oxygen atoms in total. The van der Waals surface area contributed by atoms with Crippen LogP contribution in [-0.2, 0) is 17.5 Å². The number of rotatable bonds is 5. The number of hydrogen-bond acceptors (Lipinski definition) is 2. The number of likely N-dealkylation sites (N-methyl/N-ethyl adjacent to an activating group) is 1. The Balaban J connectivity index is 2.80. The van der Waals surface area contributed by atoms with Crippen molar-refractivity contribution >= 4 is 5.91 Å². The highest BCUT2D eigenvalue weighted by molar-refractivity contribution is 5.81. The molecule has 0 saturated heterocycles. The van der Waals surface area contributed by atoms with Gasteiger partial charge in [0.2, 0.25) is 5.91 Å². The highest BCUT2D eigenvalue weighted by atomic mass is 19.4. The summed E-state index contributed by atoms with van der Waals surface area (Å²) in [5, 5.41) is 5.23. The third-order valence-electron chi connectivity index (χ3n) is 2.72. The predicted molar refractivity (Wildman–Crippen MR) is 66.4 cm³/mol. The molecule has 0 fully saturated rings. The van der Waals surface area contributed by atoms with Crippen LogP contribution in [-0.4, -0.2) is 18.5 Å². The van der Waals surface area contributed by atoms with Gasteiger partial charge in [-0.2, -0.15) is 13.2 Å². The first-order valence-electron chi connectivity index (χ1n) is 6.12. The molecule has 1 rings (SSSR count). The molecule has 0 saturated carbocycles. The standard InChI is InChI=1S/C13H16F4N2O/c1-3-18-12(20)8(2)19-7-9-4-5-10(14)6-11(9)13(15,16)17/h4-6,8,19H,3,7H2,1-2H3,(H,18,20). The van der Waals surface area contributed by atoms with Gasteiger partial charge in [0.15, 0.2) is 0 Å². The second-order valence-electron chi connectivity index (χ2n) is 4.30. The maximum Gasteiger partial charge on any atom is 0.416 e. The van der Waals surface area contributed by atoms with Crippen LogP contribution in [0.1, 0.15) is 25.0 Å². The smallest absolute Gasteiger partial charge is 0.355 e. The van der Waals surface area contributed by atoms with Crippen molar-refractivity contribution in [2.24, 2.45) is 0 Å². The van der Waals surface area contributed by atoms with Crippen molar-refractivity contribution in [3.8, 4) is 0 Å². The van der Waals surface area contributed by atoms with E-state index in [1.807, 2.05) is 0 Å². The van der Waals surface area contributed by atoms with Crippen molar-refractivity contribution in [3.63, 3.8) is 0 Å². The molecule has 0 heterocycles. The van der Waals surface area contributed by atoms with Gasteiger partial charge in [-0.1, -0.05) is 6.07 Å². The van der Waals surface area contributed by atoms with E-state index >= 15 is 0 Å². The van der Waals surface area contributed by atoms with Crippen LogP contribution in [0.5, 0.6) is 0 Å². The van der Waals surface area contributed by atoms with Crippen molar-refractivity contribution in [2.75, 3.05) is 6.54 Å². The summed E-state index contributed by atoms with van der Waals surface area (Å²) in [7, 11) is 0. The zero-order valence-corrected chi connectivity index (χ0v) is 11.1. The Hall–Kier alpha value is -1.63. The van der Waals surface area contributed by atoms with E-state index in [1.165, 1.54) is 0 Å². The molecule has 1 amide bonds. The minimum Gasteiger partial charge on any atom is -0.355 e. The lowest BCUT2D eigenvalue weighted by molar-refractivity contribution is -0.138. The van der Waals surface area contributed by atoms with E-state index in [4.69, 9.17) is 0 Å². The van der Waals surface area contributed by atoms with Crippen molar-refractivity contribution < 1.29 is 22.4 Å². The molecule has 0 bridgehead atoms. The number of halogens is 4. The Bertz CT molecular complexity index is 474. The maximum absolute atomic E-state index is 12.9.